The quantitative estimate of drug-likeness (QED) is 0.663. The highest BCUT2D eigenvalue weighted by molar-refractivity contribution is 4.74. The Hall–Kier alpha value is -0.120. The average Bonchev–Trinajstić information content (AvgIpc) is 2.37. The molecule has 2 N–H and O–H groups in total. The smallest absolute Gasteiger partial charge is 0.00970 e. The predicted molar refractivity (Wildman–Crippen MR) is 84.7 cm³/mol. The second kappa shape index (κ2) is 8.93. The molecule has 0 amide bonds. The van der Waals surface area contributed by atoms with Crippen LogP contribution in [0.15, 0.2) is 0 Å². The summed E-state index contributed by atoms with van der Waals surface area (Å²) in [5.41, 5.74) is 0.239. The van der Waals surface area contributed by atoms with Crippen LogP contribution >= 0.6 is 0 Å². The van der Waals surface area contributed by atoms with Crippen LogP contribution in [0, 0.1) is 0 Å². The number of nitrogens with zero attached hydrogens (tertiary/aromatic N) is 1. The Morgan fingerprint density at radius 2 is 1.68 bits per heavy atom. The third-order valence-corrected chi connectivity index (χ3v) is 4.02. The third-order valence-electron chi connectivity index (χ3n) is 4.02. The second-order valence-corrected chi connectivity index (χ2v) is 7.05. The van der Waals surface area contributed by atoms with Crippen LogP contribution < -0.4 is 10.6 Å². The van der Waals surface area contributed by atoms with Crippen LogP contribution in [0.4, 0.5) is 0 Å². The SMILES string of the molecule is CN(CCCNCCNC(C)(C)C)C1CCCCC1. The molecule has 0 aromatic rings. The van der Waals surface area contributed by atoms with Gasteiger partial charge in [-0.2, -0.15) is 0 Å². The highest BCUT2D eigenvalue weighted by Gasteiger charge is 2.17. The molecular weight excluding hydrogens is 234 g/mol. The van der Waals surface area contributed by atoms with E-state index in [0.717, 1.165) is 25.7 Å². The molecule has 1 saturated carbocycles. The fourth-order valence-electron chi connectivity index (χ4n) is 2.81. The maximum absolute atomic E-state index is 3.53. The minimum Gasteiger partial charge on any atom is -0.315 e. The minimum absolute atomic E-state index is 0.239. The standard InChI is InChI=1S/C16H35N3/c1-16(2,3)18-13-12-17-11-8-14-19(4)15-9-6-5-7-10-15/h15,17-18H,5-14H2,1-4H3. The second-order valence-electron chi connectivity index (χ2n) is 7.05. The molecule has 0 aromatic carbocycles. The highest BCUT2D eigenvalue weighted by Crippen LogP contribution is 2.21. The lowest BCUT2D eigenvalue weighted by atomic mass is 9.94. The molecule has 0 aromatic heterocycles. The molecule has 0 heterocycles. The zero-order valence-corrected chi connectivity index (χ0v) is 13.6. The van der Waals surface area contributed by atoms with Gasteiger partial charge in [0.1, 0.15) is 0 Å². The summed E-state index contributed by atoms with van der Waals surface area (Å²) in [5, 5.41) is 7.03. The molecule has 0 bridgehead atoms. The zero-order valence-electron chi connectivity index (χ0n) is 13.6. The van der Waals surface area contributed by atoms with E-state index in [1.54, 1.807) is 0 Å². The molecular formula is C16H35N3. The summed E-state index contributed by atoms with van der Waals surface area (Å²) >= 11 is 0. The van der Waals surface area contributed by atoms with Crippen molar-refractivity contribution in [2.75, 3.05) is 33.2 Å². The molecule has 1 rings (SSSR count). The van der Waals surface area contributed by atoms with E-state index in [4.69, 9.17) is 0 Å². The van der Waals surface area contributed by atoms with Crippen molar-refractivity contribution in [1.82, 2.24) is 15.5 Å². The Labute approximate surface area is 120 Å². The van der Waals surface area contributed by atoms with E-state index in [-0.39, 0.29) is 5.54 Å². The molecule has 19 heavy (non-hydrogen) atoms. The molecule has 1 aliphatic rings. The molecule has 0 saturated heterocycles. The van der Waals surface area contributed by atoms with E-state index in [0.29, 0.717) is 0 Å². The maximum atomic E-state index is 3.53. The van der Waals surface area contributed by atoms with Gasteiger partial charge in [0.25, 0.3) is 0 Å². The monoisotopic (exact) mass is 269 g/mol. The topological polar surface area (TPSA) is 27.3 Å². The zero-order chi connectivity index (χ0) is 14.1. The first-order chi connectivity index (χ1) is 8.99. The van der Waals surface area contributed by atoms with E-state index >= 15 is 0 Å². The molecule has 0 atom stereocenters. The largest absolute Gasteiger partial charge is 0.315 e. The fraction of sp³-hybridized carbons (Fsp3) is 1.00. The van der Waals surface area contributed by atoms with Crippen LogP contribution in [-0.2, 0) is 0 Å². The molecule has 3 nitrogen and oxygen atoms in total. The van der Waals surface area contributed by atoms with Crippen LogP contribution in [0.2, 0.25) is 0 Å². The van der Waals surface area contributed by atoms with E-state index in [9.17, 15) is 0 Å². The fourth-order valence-corrected chi connectivity index (χ4v) is 2.81. The third kappa shape index (κ3) is 8.61. The first-order valence-corrected chi connectivity index (χ1v) is 8.15. The summed E-state index contributed by atoms with van der Waals surface area (Å²) in [4.78, 5) is 2.58. The van der Waals surface area contributed by atoms with Crippen LogP contribution in [0.1, 0.15) is 59.3 Å². The molecule has 114 valence electrons. The van der Waals surface area contributed by atoms with Gasteiger partial charge in [0.2, 0.25) is 0 Å². The minimum atomic E-state index is 0.239. The molecule has 1 aliphatic carbocycles. The molecule has 1 fully saturated rings. The van der Waals surface area contributed by atoms with E-state index in [1.165, 1.54) is 45.1 Å². The van der Waals surface area contributed by atoms with Gasteiger partial charge in [-0.1, -0.05) is 19.3 Å². The Morgan fingerprint density at radius 1 is 1.00 bits per heavy atom. The Morgan fingerprint density at radius 3 is 2.32 bits per heavy atom. The predicted octanol–water partition coefficient (Wildman–Crippen LogP) is 2.62. The first kappa shape index (κ1) is 16.9. The number of nitrogens with one attached hydrogen (secondary N) is 2. The van der Waals surface area contributed by atoms with Gasteiger partial charge >= 0.3 is 0 Å². The van der Waals surface area contributed by atoms with Crippen molar-refractivity contribution in [2.45, 2.75) is 70.9 Å². The Bertz CT molecular complexity index is 217. The molecule has 0 spiro atoms. The van der Waals surface area contributed by atoms with E-state index in [1.807, 2.05) is 0 Å². The van der Waals surface area contributed by atoms with Gasteiger partial charge in [-0.15, -0.1) is 0 Å². The Kier molecular flexibility index (Phi) is 7.96. The van der Waals surface area contributed by atoms with Crippen molar-refractivity contribution in [3.63, 3.8) is 0 Å². The lowest BCUT2D eigenvalue weighted by Crippen LogP contribution is -2.40. The highest BCUT2D eigenvalue weighted by atomic mass is 15.1. The molecule has 0 unspecified atom stereocenters. The molecule has 3 heteroatoms. The molecule has 0 radical (unpaired) electrons. The van der Waals surface area contributed by atoms with Crippen LogP contribution in [0.3, 0.4) is 0 Å². The van der Waals surface area contributed by atoms with Crippen molar-refractivity contribution in [2.24, 2.45) is 0 Å². The summed E-state index contributed by atoms with van der Waals surface area (Å²) in [5.74, 6) is 0. The van der Waals surface area contributed by atoms with Crippen molar-refractivity contribution in [3.8, 4) is 0 Å². The van der Waals surface area contributed by atoms with E-state index in [2.05, 4.69) is 43.4 Å². The van der Waals surface area contributed by atoms with Gasteiger partial charge in [0, 0.05) is 24.7 Å². The lowest BCUT2D eigenvalue weighted by molar-refractivity contribution is 0.189. The van der Waals surface area contributed by atoms with Gasteiger partial charge < -0.3 is 15.5 Å². The summed E-state index contributed by atoms with van der Waals surface area (Å²) < 4.78 is 0. The number of rotatable bonds is 8. The summed E-state index contributed by atoms with van der Waals surface area (Å²) in [6, 6.07) is 0.858. The first-order valence-electron chi connectivity index (χ1n) is 8.15. The van der Waals surface area contributed by atoms with Crippen LogP contribution in [0.5, 0.6) is 0 Å². The maximum Gasteiger partial charge on any atom is 0.00970 e. The summed E-state index contributed by atoms with van der Waals surface area (Å²) in [7, 11) is 2.30. The number of hydrogen-bond acceptors (Lipinski definition) is 3. The molecule has 0 aliphatic heterocycles. The van der Waals surface area contributed by atoms with Gasteiger partial charge in [-0.3, -0.25) is 0 Å². The van der Waals surface area contributed by atoms with Crippen LogP contribution in [-0.4, -0.2) is 49.7 Å². The number of hydrogen-bond donors (Lipinski definition) is 2. The summed E-state index contributed by atoms with van der Waals surface area (Å²) in [6.07, 6.45) is 8.42. The van der Waals surface area contributed by atoms with Gasteiger partial charge in [-0.25, -0.2) is 0 Å². The van der Waals surface area contributed by atoms with Crippen molar-refractivity contribution in [1.29, 1.82) is 0 Å². The van der Waals surface area contributed by atoms with Gasteiger partial charge in [-0.05, 0) is 60.2 Å². The summed E-state index contributed by atoms with van der Waals surface area (Å²) in [6.45, 7) is 11.2. The van der Waals surface area contributed by atoms with Crippen molar-refractivity contribution in [3.05, 3.63) is 0 Å². The van der Waals surface area contributed by atoms with Crippen LogP contribution in [0.25, 0.3) is 0 Å². The normalized spacial score (nSPS) is 18.2. The van der Waals surface area contributed by atoms with Gasteiger partial charge in [0.15, 0.2) is 0 Å². The van der Waals surface area contributed by atoms with Gasteiger partial charge in [0.05, 0.1) is 0 Å². The van der Waals surface area contributed by atoms with Crippen molar-refractivity contribution < 1.29 is 0 Å². The lowest BCUT2D eigenvalue weighted by Gasteiger charge is -2.31. The average molecular weight is 269 g/mol. The van der Waals surface area contributed by atoms with Crippen molar-refractivity contribution >= 4 is 0 Å². The van der Waals surface area contributed by atoms with E-state index < -0.39 is 0 Å². The Balaban J connectivity index is 1.92.